The molecule has 0 fully saturated rings. The van der Waals surface area contributed by atoms with Gasteiger partial charge in [0.1, 0.15) is 0 Å². The number of nitrogens with two attached hydrogens (primary N) is 1. The normalized spacial score (nSPS) is 11.5. The van der Waals surface area contributed by atoms with Crippen LogP contribution >= 0.6 is 0 Å². The minimum Gasteiger partial charge on any atom is -0.445 e. The Morgan fingerprint density at radius 1 is 0.720 bits per heavy atom. The standard InChI is InChI=1S/C21H17NO3/c22-18-13-11-17(12-14-18)21(24)25-20(16-9-5-2-6-10-16)19(23)15-7-3-1-4-8-15/h1-14,20H,22H2. The highest BCUT2D eigenvalue weighted by atomic mass is 16.5. The number of anilines is 1. The van der Waals surface area contributed by atoms with E-state index in [2.05, 4.69) is 0 Å². The number of nitrogen functional groups attached to an aromatic ring is 1. The maximum Gasteiger partial charge on any atom is 0.339 e. The van der Waals surface area contributed by atoms with E-state index in [1.807, 2.05) is 12.1 Å². The van der Waals surface area contributed by atoms with Gasteiger partial charge in [-0.3, -0.25) is 4.79 Å². The highest BCUT2D eigenvalue weighted by Gasteiger charge is 2.26. The van der Waals surface area contributed by atoms with Crippen molar-refractivity contribution in [2.75, 3.05) is 5.73 Å². The quantitative estimate of drug-likeness (QED) is 0.435. The van der Waals surface area contributed by atoms with Crippen molar-refractivity contribution in [3.8, 4) is 0 Å². The molecule has 4 heteroatoms. The van der Waals surface area contributed by atoms with Gasteiger partial charge in [0.2, 0.25) is 5.78 Å². The summed E-state index contributed by atoms with van der Waals surface area (Å²) in [5.41, 5.74) is 7.65. The Morgan fingerprint density at radius 3 is 1.88 bits per heavy atom. The zero-order valence-electron chi connectivity index (χ0n) is 13.5. The molecular formula is C21H17NO3. The van der Waals surface area contributed by atoms with Crippen LogP contribution in [-0.4, -0.2) is 11.8 Å². The molecule has 2 N–H and O–H groups in total. The molecule has 25 heavy (non-hydrogen) atoms. The molecular weight excluding hydrogens is 314 g/mol. The summed E-state index contributed by atoms with van der Waals surface area (Å²) in [7, 11) is 0. The second kappa shape index (κ2) is 7.45. The Kier molecular flexibility index (Phi) is 4.90. The second-order valence-electron chi connectivity index (χ2n) is 5.55. The lowest BCUT2D eigenvalue weighted by Gasteiger charge is -2.17. The van der Waals surface area contributed by atoms with Crippen molar-refractivity contribution in [2.24, 2.45) is 0 Å². The lowest BCUT2D eigenvalue weighted by atomic mass is 10.00. The molecule has 0 bridgehead atoms. The third kappa shape index (κ3) is 3.93. The summed E-state index contributed by atoms with van der Waals surface area (Å²) in [6.45, 7) is 0. The number of benzene rings is 3. The number of carbonyl (C=O) groups excluding carboxylic acids is 2. The van der Waals surface area contributed by atoms with Gasteiger partial charge in [-0.05, 0) is 24.3 Å². The van der Waals surface area contributed by atoms with Gasteiger partial charge in [-0.2, -0.15) is 0 Å². The van der Waals surface area contributed by atoms with Crippen molar-refractivity contribution in [2.45, 2.75) is 6.10 Å². The predicted molar refractivity (Wildman–Crippen MR) is 96.2 cm³/mol. The van der Waals surface area contributed by atoms with Crippen LogP contribution in [0, 0.1) is 0 Å². The fourth-order valence-electron chi connectivity index (χ4n) is 2.45. The summed E-state index contributed by atoms with van der Waals surface area (Å²) in [6.07, 6.45) is -1.01. The van der Waals surface area contributed by atoms with Crippen molar-refractivity contribution in [3.63, 3.8) is 0 Å². The van der Waals surface area contributed by atoms with Crippen LogP contribution in [0.4, 0.5) is 5.69 Å². The van der Waals surface area contributed by atoms with Crippen molar-refractivity contribution in [1.29, 1.82) is 0 Å². The third-order valence-corrected chi connectivity index (χ3v) is 3.77. The molecule has 3 aromatic rings. The molecule has 0 aliphatic rings. The van der Waals surface area contributed by atoms with Crippen molar-refractivity contribution in [1.82, 2.24) is 0 Å². The van der Waals surface area contributed by atoms with E-state index in [1.54, 1.807) is 72.8 Å². The molecule has 1 atom stereocenters. The second-order valence-corrected chi connectivity index (χ2v) is 5.55. The molecule has 0 aliphatic heterocycles. The number of esters is 1. The number of carbonyl (C=O) groups is 2. The highest BCUT2D eigenvalue weighted by Crippen LogP contribution is 2.24. The highest BCUT2D eigenvalue weighted by molar-refractivity contribution is 6.02. The van der Waals surface area contributed by atoms with Gasteiger partial charge in [0.25, 0.3) is 0 Å². The maximum atomic E-state index is 12.9. The van der Waals surface area contributed by atoms with E-state index in [1.165, 1.54) is 0 Å². The van der Waals surface area contributed by atoms with Crippen LogP contribution < -0.4 is 5.73 Å². The lowest BCUT2D eigenvalue weighted by molar-refractivity contribution is 0.0280. The van der Waals surface area contributed by atoms with Gasteiger partial charge >= 0.3 is 5.97 Å². The molecule has 0 saturated heterocycles. The van der Waals surface area contributed by atoms with Crippen LogP contribution in [0.2, 0.25) is 0 Å². The molecule has 0 radical (unpaired) electrons. The molecule has 0 spiro atoms. The minimum absolute atomic E-state index is 0.268. The van der Waals surface area contributed by atoms with Crippen molar-refractivity contribution >= 4 is 17.4 Å². The zero-order chi connectivity index (χ0) is 17.6. The van der Waals surface area contributed by atoms with Gasteiger partial charge in [0, 0.05) is 16.8 Å². The average Bonchev–Trinajstić information content (AvgIpc) is 2.67. The molecule has 3 aromatic carbocycles. The van der Waals surface area contributed by atoms with Gasteiger partial charge in [-0.25, -0.2) is 4.79 Å². The van der Waals surface area contributed by atoms with Gasteiger partial charge in [-0.1, -0.05) is 60.7 Å². The van der Waals surface area contributed by atoms with Gasteiger partial charge < -0.3 is 10.5 Å². The van der Waals surface area contributed by atoms with Crippen molar-refractivity contribution in [3.05, 3.63) is 102 Å². The first kappa shape index (κ1) is 16.5. The van der Waals surface area contributed by atoms with Crippen LogP contribution in [0.5, 0.6) is 0 Å². The Hall–Kier alpha value is -3.40. The fourth-order valence-corrected chi connectivity index (χ4v) is 2.45. The number of Topliss-reactive ketones (excluding diaryl/α,β-unsaturated/α-hetero) is 1. The molecule has 0 aromatic heterocycles. The molecule has 4 nitrogen and oxygen atoms in total. The van der Waals surface area contributed by atoms with Crippen LogP contribution in [0.15, 0.2) is 84.9 Å². The Balaban J connectivity index is 1.90. The molecule has 0 aliphatic carbocycles. The molecule has 0 amide bonds. The van der Waals surface area contributed by atoms with E-state index in [4.69, 9.17) is 10.5 Å². The van der Waals surface area contributed by atoms with Crippen molar-refractivity contribution < 1.29 is 14.3 Å². The molecule has 0 saturated carbocycles. The number of ketones is 1. The Labute approximate surface area is 145 Å². The van der Waals surface area contributed by atoms with E-state index in [0.717, 1.165) is 0 Å². The number of rotatable bonds is 5. The number of ether oxygens (including phenoxy) is 1. The SMILES string of the molecule is Nc1ccc(C(=O)OC(C(=O)c2ccccc2)c2ccccc2)cc1. The van der Waals surface area contributed by atoms with Gasteiger partial charge in [0.05, 0.1) is 5.56 Å². The van der Waals surface area contributed by atoms with E-state index in [-0.39, 0.29) is 5.78 Å². The fraction of sp³-hybridized carbons (Fsp3) is 0.0476. The Bertz CT molecular complexity index is 859. The molecule has 124 valence electrons. The smallest absolute Gasteiger partial charge is 0.339 e. The number of hydrogen-bond acceptors (Lipinski definition) is 4. The monoisotopic (exact) mass is 331 g/mol. The minimum atomic E-state index is -1.01. The summed E-state index contributed by atoms with van der Waals surface area (Å²) < 4.78 is 5.55. The van der Waals surface area contributed by atoms with E-state index in [0.29, 0.717) is 22.4 Å². The van der Waals surface area contributed by atoms with E-state index >= 15 is 0 Å². The van der Waals surface area contributed by atoms with Crippen LogP contribution in [-0.2, 0) is 4.74 Å². The summed E-state index contributed by atoms with van der Waals surface area (Å²) in [4.78, 5) is 25.3. The first-order chi connectivity index (χ1) is 12.1. The average molecular weight is 331 g/mol. The number of hydrogen-bond donors (Lipinski definition) is 1. The molecule has 3 rings (SSSR count). The van der Waals surface area contributed by atoms with Crippen LogP contribution in [0.25, 0.3) is 0 Å². The summed E-state index contributed by atoms with van der Waals surface area (Å²) in [6, 6.07) is 24.2. The Morgan fingerprint density at radius 2 is 1.28 bits per heavy atom. The predicted octanol–water partition coefficient (Wildman–Crippen LogP) is 4.05. The first-order valence-corrected chi connectivity index (χ1v) is 7.86. The summed E-state index contributed by atoms with van der Waals surface area (Å²) in [5.74, 6) is -0.839. The largest absolute Gasteiger partial charge is 0.445 e. The van der Waals surface area contributed by atoms with Crippen LogP contribution in [0.1, 0.15) is 32.4 Å². The topological polar surface area (TPSA) is 69.4 Å². The summed E-state index contributed by atoms with van der Waals surface area (Å²) in [5, 5.41) is 0. The van der Waals surface area contributed by atoms with Gasteiger partial charge in [-0.15, -0.1) is 0 Å². The molecule has 0 heterocycles. The lowest BCUT2D eigenvalue weighted by Crippen LogP contribution is -2.20. The third-order valence-electron chi connectivity index (χ3n) is 3.77. The zero-order valence-corrected chi connectivity index (χ0v) is 13.5. The van der Waals surface area contributed by atoms with Crippen LogP contribution in [0.3, 0.4) is 0 Å². The van der Waals surface area contributed by atoms with E-state index in [9.17, 15) is 9.59 Å². The first-order valence-electron chi connectivity index (χ1n) is 7.86. The summed E-state index contributed by atoms with van der Waals surface area (Å²) >= 11 is 0. The van der Waals surface area contributed by atoms with Gasteiger partial charge in [0.15, 0.2) is 6.10 Å². The maximum absolute atomic E-state index is 12.9. The molecule has 1 unspecified atom stereocenters. The van der Waals surface area contributed by atoms with E-state index < -0.39 is 12.1 Å².